The van der Waals surface area contributed by atoms with E-state index < -0.39 is 0 Å². The third-order valence-electron chi connectivity index (χ3n) is 2.94. The van der Waals surface area contributed by atoms with Gasteiger partial charge in [0.1, 0.15) is 5.75 Å². The zero-order valence-electron chi connectivity index (χ0n) is 10.5. The Kier molecular flexibility index (Phi) is 4.03. The van der Waals surface area contributed by atoms with Crippen LogP contribution >= 0.6 is 31.9 Å². The van der Waals surface area contributed by atoms with Gasteiger partial charge in [-0.2, -0.15) is 0 Å². The SMILES string of the molecule is BrCc1cc2ccccc2nc1Oc1ccc(Br)cc1. The summed E-state index contributed by atoms with van der Waals surface area (Å²) in [6, 6.07) is 17.9. The van der Waals surface area contributed by atoms with E-state index >= 15 is 0 Å². The summed E-state index contributed by atoms with van der Waals surface area (Å²) in [6.07, 6.45) is 0. The Bertz CT molecular complexity index is 741. The van der Waals surface area contributed by atoms with Gasteiger partial charge >= 0.3 is 0 Å². The summed E-state index contributed by atoms with van der Waals surface area (Å²) in [5, 5.41) is 1.82. The molecule has 20 heavy (non-hydrogen) atoms. The maximum atomic E-state index is 5.90. The highest BCUT2D eigenvalue weighted by molar-refractivity contribution is 9.10. The molecule has 0 aliphatic carbocycles. The summed E-state index contributed by atoms with van der Waals surface area (Å²) in [5.74, 6) is 1.42. The van der Waals surface area contributed by atoms with Gasteiger partial charge < -0.3 is 4.74 Å². The van der Waals surface area contributed by atoms with Crippen LogP contribution in [0, 0.1) is 0 Å². The number of benzene rings is 2. The molecular weight excluding hydrogens is 382 g/mol. The number of halogens is 2. The highest BCUT2D eigenvalue weighted by Crippen LogP contribution is 2.29. The molecule has 0 spiro atoms. The van der Waals surface area contributed by atoms with Gasteiger partial charge in [0.15, 0.2) is 0 Å². The zero-order valence-corrected chi connectivity index (χ0v) is 13.7. The van der Waals surface area contributed by atoms with Crippen LogP contribution in [0.3, 0.4) is 0 Å². The number of rotatable bonds is 3. The van der Waals surface area contributed by atoms with E-state index in [4.69, 9.17) is 4.74 Å². The monoisotopic (exact) mass is 391 g/mol. The number of hydrogen-bond acceptors (Lipinski definition) is 2. The average molecular weight is 393 g/mol. The Morgan fingerprint density at radius 1 is 1.00 bits per heavy atom. The molecular formula is C16H11Br2NO. The molecule has 3 aromatic rings. The number of alkyl halides is 1. The molecule has 0 aliphatic heterocycles. The van der Waals surface area contributed by atoms with Crippen LogP contribution in [0.2, 0.25) is 0 Å². The van der Waals surface area contributed by atoms with Crippen LogP contribution in [-0.2, 0) is 5.33 Å². The molecule has 2 aromatic carbocycles. The molecule has 0 saturated heterocycles. The molecule has 0 fully saturated rings. The Labute approximate surface area is 134 Å². The molecule has 0 N–H and O–H groups in total. The van der Waals surface area contributed by atoms with Crippen molar-refractivity contribution in [2.45, 2.75) is 5.33 Å². The van der Waals surface area contributed by atoms with Crippen LogP contribution in [0.15, 0.2) is 59.1 Å². The number of pyridine rings is 1. The lowest BCUT2D eigenvalue weighted by atomic mass is 10.2. The van der Waals surface area contributed by atoms with Crippen molar-refractivity contribution in [2.24, 2.45) is 0 Å². The van der Waals surface area contributed by atoms with E-state index in [0.717, 1.165) is 26.7 Å². The normalized spacial score (nSPS) is 10.7. The minimum absolute atomic E-state index is 0.642. The van der Waals surface area contributed by atoms with E-state index in [1.165, 1.54) is 0 Å². The van der Waals surface area contributed by atoms with Gasteiger partial charge in [0.25, 0.3) is 0 Å². The first-order chi connectivity index (χ1) is 9.76. The molecule has 100 valence electrons. The fourth-order valence-electron chi connectivity index (χ4n) is 1.94. The van der Waals surface area contributed by atoms with Crippen molar-refractivity contribution in [2.75, 3.05) is 0 Å². The van der Waals surface area contributed by atoms with Gasteiger partial charge in [-0.25, -0.2) is 4.98 Å². The van der Waals surface area contributed by atoms with Gasteiger partial charge in [0.2, 0.25) is 5.88 Å². The average Bonchev–Trinajstić information content (AvgIpc) is 2.49. The van der Waals surface area contributed by atoms with E-state index in [0.29, 0.717) is 11.2 Å². The van der Waals surface area contributed by atoms with E-state index in [2.05, 4.69) is 49.0 Å². The fourth-order valence-corrected chi connectivity index (χ4v) is 2.61. The van der Waals surface area contributed by atoms with Crippen LogP contribution in [0.25, 0.3) is 10.9 Å². The summed E-state index contributed by atoms with van der Waals surface area (Å²) < 4.78 is 6.93. The third kappa shape index (κ3) is 2.86. The summed E-state index contributed by atoms with van der Waals surface area (Å²) in [7, 11) is 0. The molecule has 2 nitrogen and oxygen atoms in total. The van der Waals surface area contributed by atoms with Crippen LogP contribution in [-0.4, -0.2) is 4.98 Å². The van der Waals surface area contributed by atoms with Gasteiger partial charge in [-0.3, -0.25) is 0 Å². The van der Waals surface area contributed by atoms with E-state index in [1.54, 1.807) is 0 Å². The quantitative estimate of drug-likeness (QED) is 0.534. The number of nitrogens with zero attached hydrogens (tertiary/aromatic N) is 1. The number of hydrogen-bond donors (Lipinski definition) is 0. The summed E-state index contributed by atoms with van der Waals surface area (Å²) in [5.41, 5.74) is 1.97. The van der Waals surface area contributed by atoms with E-state index in [9.17, 15) is 0 Å². The molecule has 1 heterocycles. The second-order valence-electron chi connectivity index (χ2n) is 4.33. The largest absolute Gasteiger partial charge is 0.439 e. The fraction of sp³-hybridized carbons (Fsp3) is 0.0625. The highest BCUT2D eigenvalue weighted by atomic mass is 79.9. The van der Waals surface area contributed by atoms with Crippen LogP contribution in [0.1, 0.15) is 5.56 Å². The first kappa shape index (κ1) is 13.6. The van der Waals surface area contributed by atoms with Crippen molar-refractivity contribution in [1.29, 1.82) is 0 Å². The number of aromatic nitrogens is 1. The lowest BCUT2D eigenvalue weighted by molar-refractivity contribution is 0.461. The second kappa shape index (κ2) is 5.94. The Morgan fingerprint density at radius 3 is 2.50 bits per heavy atom. The highest BCUT2D eigenvalue weighted by Gasteiger charge is 2.08. The standard InChI is InChI=1S/C16H11Br2NO/c17-10-12-9-11-3-1-2-4-15(11)19-16(12)20-14-7-5-13(18)6-8-14/h1-9H,10H2. The first-order valence-corrected chi connectivity index (χ1v) is 8.06. The molecule has 4 heteroatoms. The molecule has 0 radical (unpaired) electrons. The van der Waals surface area contributed by atoms with Crippen LogP contribution in [0.4, 0.5) is 0 Å². The number of ether oxygens (including phenoxy) is 1. The molecule has 0 bridgehead atoms. The van der Waals surface area contributed by atoms with Crippen molar-refractivity contribution in [3.8, 4) is 11.6 Å². The van der Waals surface area contributed by atoms with Gasteiger partial charge in [0.05, 0.1) is 5.52 Å². The number of para-hydroxylation sites is 1. The predicted octanol–water partition coefficient (Wildman–Crippen LogP) is 5.68. The Morgan fingerprint density at radius 2 is 1.75 bits per heavy atom. The van der Waals surface area contributed by atoms with Gasteiger partial charge in [-0.15, -0.1) is 0 Å². The molecule has 1 aromatic heterocycles. The summed E-state index contributed by atoms with van der Waals surface area (Å²) in [4.78, 5) is 4.60. The zero-order chi connectivity index (χ0) is 13.9. The first-order valence-electron chi connectivity index (χ1n) is 6.14. The smallest absolute Gasteiger partial charge is 0.223 e. The minimum Gasteiger partial charge on any atom is -0.439 e. The molecule has 0 unspecified atom stereocenters. The van der Waals surface area contributed by atoms with Gasteiger partial charge in [-0.05, 0) is 36.4 Å². The summed E-state index contributed by atoms with van der Waals surface area (Å²) >= 11 is 6.90. The van der Waals surface area contributed by atoms with E-state index in [-0.39, 0.29) is 0 Å². The molecule has 0 saturated carbocycles. The summed E-state index contributed by atoms with van der Waals surface area (Å²) in [6.45, 7) is 0. The Hall–Kier alpha value is -1.39. The van der Waals surface area contributed by atoms with Crippen molar-refractivity contribution < 1.29 is 4.74 Å². The predicted molar refractivity (Wildman–Crippen MR) is 88.6 cm³/mol. The van der Waals surface area contributed by atoms with E-state index in [1.807, 2.05) is 42.5 Å². The van der Waals surface area contributed by atoms with Crippen molar-refractivity contribution in [3.05, 3.63) is 64.6 Å². The van der Waals surface area contributed by atoms with Crippen LogP contribution < -0.4 is 4.74 Å². The minimum atomic E-state index is 0.642. The maximum Gasteiger partial charge on any atom is 0.223 e. The third-order valence-corrected chi connectivity index (χ3v) is 4.07. The van der Waals surface area contributed by atoms with Gasteiger partial charge in [-0.1, -0.05) is 50.1 Å². The molecule has 0 amide bonds. The molecule has 3 rings (SSSR count). The Balaban J connectivity index is 2.03. The maximum absolute atomic E-state index is 5.90. The lowest BCUT2D eigenvalue weighted by Gasteiger charge is -2.10. The van der Waals surface area contributed by atoms with Crippen LogP contribution in [0.5, 0.6) is 11.6 Å². The second-order valence-corrected chi connectivity index (χ2v) is 5.81. The molecule has 0 atom stereocenters. The van der Waals surface area contributed by atoms with Crippen molar-refractivity contribution in [1.82, 2.24) is 4.98 Å². The van der Waals surface area contributed by atoms with Gasteiger partial charge in [0, 0.05) is 20.8 Å². The van der Waals surface area contributed by atoms with Crippen molar-refractivity contribution >= 4 is 42.8 Å². The topological polar surface area (TPSA) is 22.1 Å². The lowest BCUT2D eigenvalue weighted by Crippen LogP contribution is -1.94. The molecule has 0 aliphatic rings. The van der Waals surface area contributed by atoms with Crippen molar-refractivity contribution in [3.63, 3.8) is 0 Å². The number of fused-ring (bicyclic) bond motifs is 1.